The molecule has 0 atom stereocenters. The maximum Gasteiger partial charge on any atom is 0.223 e. The normalized spacial score (nSPS) is 15.4. The summed E-state index contributed by atoms with van der Waals surface area (Å²) in [6, 6.07) is 11.3. The summed E-state index contributed by atoms with van der Waals surface area (Å²) in [5, 5.41) is 4.57. The van der Waals surface area contributed by atoms with Gasteiger partial charge in [-0.2, -0.15) is 0 Å². The molecule has 2 aromatic heterocycles. The van der Waals surface area contributed by atoms with Gasteiger partial charge in [-0.1, -0.05) is 64.3 Å². The van der Waals surface area contributed by atoms with Crippen LogP contribution in [0.4, 0.5) is 5.95 Å². The molecule has 0 saturated heterocycles. The van der Waals surface area contributed by atoms with Gasteiger partial charge in [0.1, 0.15) is 5.01 Å². The number of aryl methyl sites for hydroxylation is 1. The summed E-state index contributed by atoms with van der Waals surface area (Å²) in [5.74, 6) is 0.735. The van der Waals surface area contributed by atoms with Crippen LogP contribution in [0.25, 0.3) is 21.1 Å². The van der Waals surface area contributed by atoms with Crippen LogP contribution in [0.2, 0.25) is 0 Å². The second-order valence-corrected chi connectivity index (χ2v) is 10.0. The Labute approximate surface area is 177 Å². The van der Waals surface area contributed by atoms with E-state index < -0.39 is 0 Å². The van der Waals surface area contributed by atoms with Gasteiger partial charge in [0.15, 0.2) is 0 Å². The number of nitrogens with zero attached hydrogens (tertiary/aromatic N) is 3. The Morgan fingerprint density at radius 3 is 2.38 bits per heavy atom. The fourth-order valence-electron chi connectivity index (χ4n) is 3.85. The lowest BCUT2D eigenvalue weighted by Crippen LogP contribution is -2.23. The molecule has 1 N–H and O–H groups in total. The first kappa shape index (κ1) is 20.0. The molecule has 4 nitrogen and oxygen atoms in total. The third-order valence-electron chi connectivity index (χ3n) is 5.62. The van der Waals surface area contributed by atoms with Crippen LogP contribution in [-0.2, 0) is 5.41 Å². The lowest BCUT2D eigenvalue weighted by molar-refractivity contribution is 0.461. The smallest absolute Gasteiger partial charge is 0.223 e. The number of benzene rings is 1. The lowest BCUT2D eigenvalue weighted by Gasteiger charge is -2.22. The molecule has 1 aliphatic carbocycles. The predicted octanol–water partition coefficient (Wildman–Crippen LogP) is 6.62. The summed E-state index contributed by atoms with van der Waals surface area (Å²) in [4.78, 5) is 15.2. The second-order valence-electron chi connectivity index (χ2n) is 9.01. The number of thiazole rings is 1. The van der Waals surface area contributed by atoms with Crippen LogP contribution in [-0.4, -0.2) is 21.0 Å². The minimum atomic E-state index is 0.158. The third-order valence-corrected chi connectivity index (χ3v) is 6.85. The van der Waals surface area contributed by atoms with Crippen LogP contribution in [0.5, 0.6) is 0 Å². The highest BCUT2D eigenvalue weighted by Crippen LogP contribution is 2.35. The molecule has 5 heteroatoms. The highest BCUT2D eigenvalue weighted by atomic mass is 32.1. The maximum atomic E-state index is 4.83. The van der Waals surface area contributed by atoms with Crippen molar-refractivity contribution in [2.24, 2.45) is 0 Å². The zero-order valence-electron chi connectivity index (χ0n) is 17.8. The lowest BCUT2D eigenvalue weighted by atomic mass is 9.87. The number of hydrogen-bond acceptors (Lipinski definition) is 5. The highest BCUT2D eigenvalue weighted by molar-refractivity contribution is 7.18. The Bertz CT molecular complexity index is 963. The van der Waals surface area contributed by atoms with Gasteiger partial charge >= 0.3 is 0 Å². The summed E-state index contributed by atoms with van der Waals surface area (Å²) < 4.78 is 0. The molecule has 3 aromatic rings. The zero-order chi connectivity index (χ0) is 20.4. The molecule has 1 fully saturated rings. The first-order chi connectivity index (χ1) is 13.9. The Hall–Kier alpha value is -2.27. The average molecular weight is 407 g/mol. The molecular weight excluding hydrogens is 376 g/mol. The summed E-state index contributed by atoms with van der Waals surface area (Å²) in [5.41, 5.74) is 4.62. The van der Waals surface area contributed by atoms with Crippen LogP contribution >= 0.6 is 11.3 Å². The van der Waals surface area contributed by atoms with Gasteiger partial charge in [0.25, 0.3) is 0 Å². The van der Waals surface area contributed by atoms with Crippen LogP contribution in [0, 0.1) is 6.92 Å². The summed E-state index contributed by atoms with van der Waals surface area (Å²) in [7, 11) is 0. The van der Waals surface area contributed by atoms with E-state index in [1.165, 1.54) is 37.7 Å². The van der Waals surface area contributed by atoms with Crippen molar-refractivity contribution in [3.63, 3.8) is 0 Å². The van der Waals surface area contributed by atoms with Crippen molar-refractivity contribution in [1.82, 2.24) is 15.0 Å². The van der Waals surface area contributed by atoms with Crippen molar-refractivity contribution < 1.29 is 0 Å². The Morgan fingerprint density at radius 2 is 1.69 bits per heavy atom. The third kappa shape index (κ3) is 4.67. The van der Waals surface area contributed by atoms with Gasteiger partial charge < -0.3 is 5.32 Å². The van der Waals surface area contributed by atoms with Gasteiger partial charge in [0.2, 0.25) is 5.95 Å². The largest absolute Gasteiger partial charge is 0.351 e. The fraction of sp³-hybridized carbons (Fsp3) is 0.458. The van der Waals surface area contributed by atoms with Gasteiger partial charge in [-0.25, -0.2) is 15.0 Å². The van der Waals surface area contributed by atoms with E-state index in [0.29, 0.717) is 6.04 Å². The minimum absolute atomic E-state index is 0.158. The highest BCUT2D eigenvalue weighted by Gasteiger charge is 2.17. The number of anilines is 1. The van der Waals surface area contributed by atoms with Gasteiger partial charge in [0, 0.05) is 17.8 Å². The molecule has 152 valence electrons. The van der Waals surface area contributed by atoms with E-state index in [0.717, 1.165) is 32.8 Å². The van der Waals surface area contributed by atoms with Crippen molar-refractivity contribution in [3.8, 4) is 21.1 Å². The molecule has 4 rings (SSSR count). The summed E-state index contributed by atoms with van der Waals surface area (Å²) >= 11 is 1.70. The van der Waals surface area contributed by atoms with E-state index in [-0.39, 0.29) is 5.41 Å². The monoisotopic (exact) mass is 406 g/mol. The molecule has 0 amide bonds. The Balaban J connectivity index is 1.57. The minimum Gasteiger partial charge on any atom is -0.351 e. The fourth-order valence-corrected chi connectivity index (χ4v) is 4.90. The zero-order valence-corrected chi connectivity index (χ0v) is 18.6. The molecule has 0 aliphatic heterocycles. The first-order valence-electron chi connectivity index (χ1n) is 10.6. The molecule has 1 aromatic carbocycles. The van der Waals surface area contributed by atoms with Crippen LogP contribution in [0.3, 0.4) is 0 Å². The number of rotatable bonds is 4. The molecule has 0 spiro atoms. The number of nitrogens with one attached hydrogen (secondary N) is 1. The quantitative estimate of drug-likeness (QED) is 0.529. The predicted molar refractivity (Wildman–Crippen MR) is 123 cm³/mol. The standard InChI is InChI=1S/C24H30N4S/c1-16-21(20-14-15-25-23(28-20)27-19-8-6-5-7-9-19)29-22(26-16)17-10-12-18(13-11-17)24(2,3)4/h10-15,19H,5-9H2,1-4H3,(H,25,27,28). The van der Waals surface area contributed by atoms with Crippen molar-refractivity contribution >= 4 is 17.3 Å². The molecule has 0 radical (unpaired) electrons. The molecule has 0 unspecified atom stereocenters. The van der Waals surface area contributed by atoms with E-state index in [2.05, 4.69) is 62.3 Å². The van der Waals surface area contributed by atoms with E-state index >= 15 is 0 Å². The topological polar surface area (TPSA) is 50.7 Å². The molecule has 1 saturated carbocycles. The van der Waals surface area contributed by atoms with Gasteiger partial charge in [0.05, 0.1) is 16.3 Å². The van der Waals surface area contributed by atoms with Crippen molar-refractivity contribution in [1.29, 1.82) is 0 Å². The van der Waals surface area contributed by atoms with Crippen molar-refractivity contribution in [2.45, 2.75) is 71.3 Å². The van der Waals surface area contributed by atoms with Gasteiger partial charge in [-0.05, 0) is 36.8 Å². The van der Waals surface area contributed by atoms with E-state index in [1.807, 2.05) is 12.3 Å². The average Bonchev–Trinajstić information content (AvgIpc) is 3.10. The van der Waals surface area contributed by atoms with Crippen LogP contribution in [0.1, 0.15) is 64.1 Å². The van der Waals surface area contributed by atoms with E-state index in [4.69, 9.17) is 9.97 Å². The second kappa shape index (κ2) is 8.23. The van der Waals surface area contributed by atoms with Gasteiger partial charge in [-0.15, -0.1) is 11.3 Å². The number of aromatic nitrogens is 3. The molecule has 29 heavy (non-hydrogen) atoms. The maximum absolute atomic E-state index is 4.83. The molecule has 0 bridgehead atoms. The van der Waals surface area contributed by atoms with E-state index in [9.17, 15) is 0 Å². The first-order valence-corrected chi connectivity index (χ1v) is 11.4. The van der Waals surface area contributed by atoms with Gasteiger partial charge in [-0.3, -0.25) is 0 Å². The van der Waals surface area contributed by atoms with Crippen molar-refractivity contribution in [2.75, 3.05) is 5.32 Å². The summed E-state index contributed by atoms with van der Waals surface area (Å²) in [6.07, 6.45) is 8.21. The van der Waals surface area contributed by atoms with Crippen LogP contribution < -0.4 is 5.32 Å². The molecular formula is C24H30N4S. The molecule has 2 heterocycles. The van der Waals surface area contributed by atoms with Crippen molar-refractivity contribution in [3.05, 3.63) is 47.8 Å². The van der Waals surface area contributed by atoms with E-state index in [1.54, 1.807) is 11.3 Å². The summed E-state index contributed by atoms with van der Waals surface area (Å²) in [6.45, 7) is 8.78. The molecule has 1 aliphatic rings. The van der Waals surface area contributed by atoms with Crippen LogP contribution in [0.15, 0.2) is 36.5 Å². The SMILES string of the molecule is Cc1nc(-c2ccc(C(C)(C)C)cc2)sc1-c1ccnc(NC2CCCCC2)n1. The Morgan fingerprint density at radius 1 is 0.966 bits per heavy atom. The Kier molecular flexibility index (Phi) is 5.68. The number of hydrogen-bond donors (Lipinski definition) is 1.